The number of unbranched alkanes of at least 4 members (excludes halogenated alkanes) is 2. The predicted octanol–water partition coefficient (Wildman–Crippen LogP) is 7.19. The summed E-state index contributed by atoms with van der Waals surface area (Å²) in [6, 6.07) is 14.1. The lowest BCUT2D eigenvalue weighted by Gasteiger charge is -2.25. The molecule has 0 aliphatic heterocycles. The highest BCUT2D eigenvalue weighted by molar-refractivity contribution is 7.37. The van der Waals surface area contributed by atoms with Gasteiger partial charge in [-0.2, -0.15) is 0 Å². The van der Waals surface area contributed by atoms with Gasteiger partial charge in [0.25, 0.3) is 0 Å². The van der Waals surface area contributed by atoms with Crippen LogP contribution in [0, 0.1) is 0 Å². The van der Waals surface area contributed by atoms with Crippen LogP contribution in [-0.2, 0) is 9.98 Å². The summed E-state index contributed by atoms with van der Waals surface area (Å²) in [5, 5.41) is 2.91. The molecule has 0 saturated carbocycles. The van der Waals surface area contributed by atoms with Crippen molar-refractivity contribution in [2.24, 2.45) is 0 Å². The van der Waals surface area contributed by atoms with E-state index in [2.05, 4.69) is 39.0 Å². The zero-order valence-corrected chi connectivity index (χ0v) is 15.0. The first-order valence-electron chi connectivity index (χ1n) is 8.42. The van der Waals surface area contributed by atoms with E-state index in [9.17, 15) is 4.57 Å². The molecule has 2 nitrogen and oxygen atoms in total. The average molecular weight is 327 g/mol. The first-order chi connectivity index (χ1) is 11.0. The van der Waals surface area contributed by atoms with Gasteiger partial charge in [0.05, 0.1) is 0 Å². The molecule has 0 N–H and O–H groups in total. The van der Waals surface area contributed by atoms with Crippen LogP contribution in [0.4, 0.5) is 0 Å². The Labute approximate surface area is 138 Å². The Bertz CT molecular complexity index is 893. The molecule has 1 aromatic heterocycles. The highest BCUT2D eigenvalue weighted by atomic mass is 31.1. The number of rotatable bonds is 5. The van der Waals surface area contributed by atoms with Gasteiger partial charge in [0.15, 0.2) is 5.58 Å². The third-order valence-electron chi connectivity index (χ3n) is 4.71. The van der Waals surface area contributed by atoms with Crippen LogP contribution in [0.5, 0.6) is 0 Å². The van der Waals surface area contributed by atoms with Crippen molar-refractivity contribution >= 4 is 29.1 Å². The van der Waals surface area contributed by atoms with E-state index in [-0.39, 0.29) is 5.41 Å². The maximum Gasteiger partial charge on any atom is 0.597 e. The minimum absolute atomic E-state index is 0.0168. The molecular weight excluding hydrogens is 303 g/mol. The van der Waals surface area contributed by atoms with Gasteiger partial charge in [-0.15, -0.1) is 0 Å². The Morgan fingerprint density at radius 3 is 2.52 bits per heavy atom. The number of hydrogen-bond donors (Lipinski definition) is 0. The topological polar surface area (TPSA) is 30.2 Å². The second-order valence-corrected chi connectivity index (χ2v) is 8.07. The Morgan fingerprint density at radius 2 is 1.74 bits per heavy atom. The van der Waals surface area contributed by atoms with Crippen LogP contribution in [0.3, 0.4) is 0 Å². The molecule has 0 radical (unpaired) electrons. The normalized spacial score (nSPS) is 12.9. The Kier molecular flexibility index (Phi) is 4.55. The Balaban J connectivity index is 2.21. The molecule has 0 spiro atoms. The lowest BCUT2D eigenvalue weighted by atomic mass is 9.79. The molecule has 1 heterocycles. The van der Waals surface area contributed by atoms with E-state index in [1.807, 2.05) is 24.3 Å². The van der Waals surface area contributed by atoms with E-state index in [0.717, 1.165) is 27.9 Å². The number of fused-ring (bicyclic) bond motifs is 3. The van der Waals surface area contributed by atoms with Crippen LogP contribution >= 0.6 is 7.65 Å². The van der Waals surface area contributed by atoms with Crippen LogP contribution in [0.15, 0.2) is 46.7 Å². The average Bonchev–Trinajstić information content (AvgIpc) is 2.55. The van der Waals surface area contributed by atoms with Gasteiger partial charge in [0, 0.05) is 16.3 Å². The summed E-state index contributed by atoms with van der Waals surface area (Å²) in [6.07, 6.45) is 4.78. The molecule has 0 saturated heterocycles. The number of para-hydroxylation sites is 1. The second kappa shape index (κ2) is 6.45. The van der Waals surface area contributed by atoms with Crippen molar-refractivity contribution < 1.29 is 8.76 Å². The van der Waals surface area contributed by atoms with E-state index in [4.69, 9.17) is 4.20 Å². The first kappa shape index (κ1) is 16.2. The SMILES string of the molecule is CCCCCC(C)(C)c1cccc2c1o[p+](=O)c1ccccc21. The Hall–Kier alpha value is -1.66. The number of benzene rings is 2. The molecule has 120 valence electrons. The van der Waals surface area contributed by atoms with E-state index in [1.54, 1.807) is 0 Å². The highest BCUT2D eigenvalue weighted by Gasteiger charge is 2.27. The largest absolute Gasteiger partial charge is 0.597 e. The number of hydrogen-bond acceptors (Lipinski definition) is 2. The molecule has 3 rings (SSSR count). The van der Waals surface area contributed by atoms with Crippen molar-refractivity contribution in [1.29, 1.82) is 0 Å². The minimum Gasteiger partial charge on any atom is -0.249 e. The molecule has 23 heavy (non-hydrogen) atoms. The molecule has 3 heteroatoms. The fourth-order valence-corrected chi connectivity index (χ4v) is 4.39. The summed E-state index contributed by atoms with van der Waals surface area (Å²) in [5.74, 6) is 0. The first-order valence-corrected chi connectivity index (χ1v) is 9.60. The molecule has 1 unspecified atom stereocenters. The van der Waals surface area contributed by atoms with Crippen LogP contribution in [-0.4, -0.2) is 0 Å². The zero-order valence-electron chi connectivity index (χ0n) is 14.1. The summed E-state index contributed by atoms with van der Waals surface area (Å²) in [6.45, 7) is 6.74. The van der Waals surface area contributed by atoms with Gasteiger partial charge in [-0.25, -0.2) is 4.20 Å². The van der Waals surface area contributed by atoms with Crippen LogP contribution in [0.2, 0.25) is 0 Å². The summed E-state index contributed by atoms with van der Waals surface area (Å²) in [4.78, 5) is 0. The van der Waals surface area contributed by atoms with Gasteiger partial charge in [-0.1, -0.05) is 70.4 Å². The van der Waals surface area contributed by atoms with Gasteiger partial charge in [-0.3, -0.25) is 0 Å². The van der Waals surface area contributed by atoms with Gasteiger partial charge in [0.2, 0.25) is 5.12 Å². The molecule has 2 aromatic carbocycles. The molecule has 0 bridgehead atoms. The van der Waals surface area contributed by atoms with E-state index < -0.39 is 7.65 Å². The van der Waals surface area contributed by atoms with Crippen molar-refractivity contribution in [2.45, 2.75) is 51.9 Å². The Morgan fingerprint density at radius 1 is 1.00 bits per heavy atom. The summed E-state index contributed by atoms with van der Waals surface area (Å²) in [7, 11) is -1.82. The summed E-state index contributed by atoms with van der Waals surface area (Å²) in [5.41, 5.74) is 2.00. The predicted molar refractivity (Wildman–Crippen MR) is 98.5 cm³/mol. The molecule has 1 atom stereocenters. The maximum atomic E-state index is 12.5. The van der Waals surface area contributed by atoms with Gasteiger partial charge in [0.1, 0.15) is 0 Å². The van der Waals surface area contributed by atoms with E-state index in [1.165, 1.54) is 24.8 Å². The maximum absolute atomic E-state index is 12.5. The molecule has 3 aromatic rings. The zero-order chi connectivity index (χ0) is 16.4. The smallest absolute Gasteiger partial charge is 0.249 e. The molecule has 0 aliphatic carbocycles. The fraction of sp³-hybridized carbons (Fsp3) is 0.400. The van der Waals surface area contributed by atoms with E-state index >= 15 is 0 Å². The second-order valence-electron chi connectivity index (χ2n) is 6.89. The minimum atomic E-state index is -1.82. The van der Waals surface area contributed by atoms with Crippen molar-refractivity contribution in [1.82, 2.24) is 0 Å². The van der Waals surface area contributed by atoms with Crippen LogP contribution in [0.25, 0.3) is 21.5 Å². The summed E-state index contributed by atoms with van der Waals surface area (Å²) < 4.78 is 18.4. The van der Waals surface area contributed by atoms with Gasteiger partial charge < -0.3 is 0 Å². The summed E-state index contributed by atoms with van der Waals surface area (Å²) >= 11 is 0. The van der Waals surface area contributed by atoms with E-state index in [0.29, 0.717) is 0 Å². The lowest BCUT2D eigenvalue weighted by Crippen LogP contribution is -2.17. The van der Waals surface area contributed by atoms with Crippen LogP contribution in [0.1, 0.15) is 52.0 Å². The standard InChI is InChI=1S/C20H24O2P/c1-4-5-8-14-20(2,3)17-12-9-11-16-15-10-6-7-13-18(15)23(21)22-19(16)17/h6-7,9-13H,4-5,8,14H2,1-3H3/q+1. The van der Waals surface area contributed by atoms with Crippen molar-refractivity contribution in [3.63, 3.8) is 0 Å². The lowest BCUT2D eigenvalue weighted by molar-refractivity contribution is 0.448. The highest BCUT2D eigenvalue weighted by Crippen LogP contribution is 2.41. The molecule has 0 amide bonds. The van der Waals surface area contributed by atoms with Crippen LogP contribution < -0.4 is 0 Å². The molecular formula is C20H24O2P+. The van der Waals surface area contributed by atoms with Crippen molar-refractivity contribution in [3.8, 4) is 0 Å². The third-order valence-corrected chi connectivity index (χ3v) is 5.85. The van der Waals surface area contributed by atoms with Gasteiger partial charge >= 0.3 is 7.65 Å². The molecule has 0 aliphatic rings. The van der Waals surface area contributed by atoms with Gasteiger partial charge in [-0.05, 0) is 28.5 Å². The quantitative estimate of drug-likeness (QED) is 0.367. The monoisotopic (exact) mass is 327 g/mol. The van der Waals surface area contributed by atoms with Crippen molar-refractivity contribution in [2.75, 3.05) is 0 Å². The fourth-order valence-electron chi connectivity index (χ4n) is 3.32. The van der Waals surface area contributed by atoms with Crippen molar-refractivity contribution in [3.05, 3.63) is 48.0 Å². The third kappa shape index (κ3) is 3.05. The molecule has 0 fully saturated rings.